The molecule has 4 aromatic heterocycles. The molecule has 0 spiro atoms. The van der Waals surface area contributed by atoms with Gasteiger partial charge >= 0.3 is 0 Å². The molecule has 0 aromatic carbocycles. The predicted molar refractivity (Wildman–Crippen MR) is 101 cm³/mol. The second kappa shape index (κ2) is 5.47. The Hall–Kier alpha value is -1.58. The van der Waals surface area contributed by atoms with Gasteiger partial charge in [-0.15, -0.1) is 10.2 Å². The number of hydrogen-bond donors (Lipinski definition) is 0. The van der Waals surface area contributed by atoms with Crippen LogP contribution in [0.5, 0.6) is 0 Å². The van der Waals surface area contributed by atoms with Crippen molar-refractivity contribution in [1.82, 2.24) is 29.6 Å². The topological polar surface area (TPSA) is 60.9 Å². The number of aromatic nitrogens is 6. The zero-order valence-corrected chi connectivity index (χ0v) is 16.8. The van der Waals surface area contributed by atoms with Gasteiger partial charge in [0, 0.05) is 23.4 Å². The van der Waals surface area contributed by atoms with Crippen LogP contribution in [0.4, 0.5) is 0 Å². The van der Waals surface area contributed by atoms with Crippen LogP contribution in [0.1, 0.15) is 26.5 Å². The lowest BCUT2D eigenvalue weighted by atomic mass is 9.92. The van der Waals surface area contributed by atoms with Crippen molar-refractivity contribution < 1.29 is 0 Å². The van der Waals surface area contributed by atoms with Crippen molar-refractivity contribution >= 4 is 43.6 Å². The maximum atomic E-state index is 4.74. The summed E-state index contributed by atoms with van der Waals surface area (Å²) in [5, 5.41) is 22.9. The summed E-state index contributed by atoms with van der Waals surface area (Å²) in [7, 11) is 1.94. The fourth-order valence-electron chi connectivity index (χ4n) is 2.49. The minimum Gasteiger partial charge on any atom is -0.264 e. The molecule has 0 saturated carbocycles. The molecule has 0 atom stereocenters. The monoisotopic (exact) mass is 422 g/mol. The Morgan fingerprint density at radius 3 is 2.58 bits per heavy atom. The first-order valence-electron chi connectivity index (χ1n) is 7.34. The normalized spacial score (nSPS) is 12.4. The van der Waals surface area contributed by atoms with Gasteiger partial charge in [-0.2, -0.15) is 26.0 Å². The second-order valence-electron chi connectivity index (χ2n) is 6.52. The van der Waals surface area contributed by atoms with Gasteiger partial charge in [0.25, 0.3) is 0 Å². The standard InChI is InChI=1S/C15H15BrN6S2/c1-15(2,3)11-9(16)10(21(4)19-11)13-20-22-12(8-5-6-23-7-8)17-18-14(22)24-13/h5-7H,1-4H3. The fraction of sp³-hybridized carbons (Fsp3) is 0.333. The van der Waals surface area contributed by atoms with Gasteiger partial charge in [-0.1, -0.05) is 32.1 Å². The first kappa shape index (κ1) is 15.9. The van der Waals surface area contributed by atoms with Crippen molar-refractivity contribution in [1.29, 1.82) is 0 Å². The number of halogens is 1. The molecule has 0 N–H and O–H groups in total. The van der Waals surface area contributed by atoms with E-state index in [1.807, 2.05) is 28.6 Å². The number of hydrogen-bond acceptors (Lipinski definition) is 6. The molecule has 0 fully saturated rings. The second-order valence-corrected chi connectivity index (χ2v) is 9.05. The molecule has 0 bridgehead atoms. The third kappa shape index (κ3) is 2.42. The first-order valence-corrected chi connectivity index (χ1v) is 9.89. The molecule has 9 heteroatoms. The van der Waals surface area contributed by atoms with Crippen molar-refractivity contribution in [3.63, 3.8) is 0 Å². The smallest absolute Gasteiger partial charge is 0.235 e. The Kier molecular flexibility index (Phi) is 3.63. The summed E-state index contributed by atoms with van der Waals surface area (Å²) >= 11 is 6.86. The quantitative estimate of drug-likeness (QED) is 0.480. The van der Waals surface area contributed by atoms with Gasteiger partial charge in [-0.3, -0.25) is 4.68 Å². The fourth-order valence-corrected chi connectivity index (χ4v) is 5.30. The van der Waals surface area contributed by atoms with Gasteiger partial charge in [0.2, 0.25) is 4.96 Å². The van der Waals surface area contributed by atoms with Crippen LogP contribution in [0, 0.1) is 0 Å². The number of thiophene rings is 1. The molecule has 6 nitrogen and oxygen atoms in total. The molecule has 4 aromatic rings. The number of fused-ring (bicyclic) bond motifs is 1. The minimum atomic E-state index is -0.0460. The van der Waals surface area contributed by atoms with E-state index in [0.717, 1.165) is 37.2 Å². The number of rotatable bonds is 2. The van der Waals surface area contributed by atoms with Gasteiger partial charge in [-0.05, 0) is 27.4 Å². The number of nitrogens with zero attached hydrogens (tertiary/aromatic N) is 6. The molecule has 124 valence electrons. The lowest BCUT2D eigenvalue weighted by Gasteiger charge is -2.15. The van der Waals surface area contributed by atoms with E-state index in [9.17, 15) is 0 Å². The van der Waals surface area contributed by atoms with Gasteiger partial charge in [-0.25, -0.2) is 0 Å². The highest BCUT2D eigenvalue weighted by Crippen LogP contribution is 2.38. The van der Waals surface area contributed by atoms with Gasteiger partial charge in [0.15, 0.2) is 10.8 Å². The minimum absolute atomic E-state index is 0.0460. The van der Waals surface area contributed by atoms with E-state index in [2.05, 4.69) is 52.0 Å². The summed E-state index contributed by atoms with van der Waals surface area (Å²) in [4.78, 5) is 0.775. The highest BCUT2D eigenvalue weighted by atomic mass is 79.9. The van der Waals surface area contributed by atoms with E-state index in [1.54, 1.807) is 15.9 Å². The molecule has 0 amide bonds. The highest BCUT2D eigenvalue weighted by molar-refractivity contribution is 9.10. The summed E-state index contributed by atoms with van der Waals surface area (Å²) in [6, 6.07) is 2.03. The van der Waals surface area contributed by atoms with E-state index >= 15 is 0 Å². The van der Waals surface area contributed by atoms with Crippen LogP contribution in [0.15, 0.2) is 21.3 Å². The summed E-state index contributed by atoms with van der Waals surface area (Å²) in [6.07, 6.45) is 0. The zero-order valence-electron chi connectivity index (χ0n) is 13.6. The Balaban J connectivity index is 1.88. The van der Waals surface area contributed by atoms with Crippen LogP contribution in [-0.4, -0.2) is 29.6 Å². The Morgan fingerprint density at radius 2 is 1.96 bits per heavy atom. The maximum absolute atomic E-state index is 4.74. The summed E-state index contributed by atoms with van der Waals surface area (Å²) in [6.45, 7) is 6.45. The third-order valence-electron chi connectivity index (χ3n) is 3.67. The Morgan fingerprint density at radius 1 is 1.17 bits per heavy atom. The molecule has 0 radical (unpaired) electrons. The average molecular weight is 423 g/mol. The van der Waals surface area contributed by atoms with Crippen molar-refractivity contribution in [3.05, 3.63) is 27.0 Å². The summed E-state index contributed by atoms with van der Waals surface area (Å²) in [5.41, 5.74) is 2.97. The molecule has 0 aliphatic heterocycles. The zero-order chi connectivity index (χ0) is 17.1. The van der Waals surface area contributed by atoms with Gasteiger partial charge < -0.3 is 0 Å². The molecule has 0 aliphatic rings. The lowest BCUT2D eigenvalue weighted by Crippen LogP contribution is -2.13. The molecule has 4 rings (SSSR count). The molecule has 0 unspecified atom stereocenters. The Labute approximate surface area is 155 Å². The summed E-state index contributed by atoms with van der Waals surface area (Å²) in [5.74, 6) is 0.767. The van der Waals surface area contributed by atoms with Crippen molar-refractivity contribution in [3.8, 4) is 22.1 Å². The summed E-state index contributed by atoms with van der Waals surface area (Å²) < 4.78 is 4.67. The average Bonchev–Trinajstić information content (AvgIpc) is 3.20. The maximum Gasteiger partial charge on any atom is 0.235 e. The van der Waals surface area contributed by atoms with E-state index < -0.39 is 0 Å². The van der Waals surface area contributed by atoms with Crippen LogP contribution in [0.2, 0.25) is 0 Å². The molecule has 4 heterocycles. The molecule has 24 heavy (non-hydrogen) atoms. The predicted octanol–water partition coefficient (Wildman–Crippen LogP) is 4.37. The van der Waals surface area contributed by atoms with Crippen molar-refractivity contribution in [2.45, 2.75) is 26.2 Å². The molecule has 0 saturated heterocycles. The van der Waals surface area contributed by atoms with E-state index in [0.29, 0.717) is 0 Å². The largest absolute Gasteiger partial charge is 0.264 e. The van der Waals surface area contributed by atoms with Crippen LogP contribution in [0.3, 0.4) is 0 Å². The van der Waals surface area contributed by atoms with Crippen molar-refractivity contribution in [2.24, 2.45) is 7.05 Å². The molecular formula is C15H15BrN6S2. The van der Waals surface area contributed by atoms with Crippen LogP contribution >= 0.6 is 38.6 Å². The van der Waals surface area contributed by atoms with Crippen LogP contribution in [0.25, 0.3) is 27.1 Å². The van der Waals surface area contributed by atoms with E-state index in [-0.39, 0.29) is 5.41 Å². The van der Waals surface area contributed by atoms with Gasteiger partial charge in [0.05, 0.1) is 10.2 Å². The van der Waals surface area contributed by atoms with Crippen molar-refractivity contribution in [2.75, 3.05) is 0 Å². The van der Waals surface area contributed by atoms with E-state index in [4.69, 9.17) is 5.10 Å². The Bertz CT molecular complexity index is 1020. The first-order chi connectivity index (χ1) is 11.4. The van der Waals surface area contributed by atoms with E-state index in [1.165, 1.54) is 11.3 Å². The third-order valence-corrected chi connectivity index (χ3v) is 6.01. The molecule has 0 aliphatic carbocycles. The highest BCUT2D eigenvalue weighted by Gasteiger charge is 2.27. The number of aryl methyl sites for hydroxylation is 1. The van der Waals surface area contributed by atoms with Crippen LogP contribution < -0.4 is 0 Å². The SMILES string of the molecule is Cn1nc(C(C)(C)C)c(Br)c1-c1nn2c(-c3ccsc3)nnc2s1. The molecular weight excluding hydrogens is 408 g/mol. The van der Waals surface area contributed by atoms with Gasteiger partial charge in [0.1, 0.15) is 5.69 Å². The van der Waals surface area contributed by atoms with Crippen LogP contribution in [-0.2, 0) is 12.5 Å². The lowest BCUT2D eigenvalue weighted by molar-refractivity contribution is 0.551.